The van der Waals surface area contributed by atoms with Gasteiger partial charge in [-0.15, -0.1) is 0 Å². The van der Waals surface area contributed by atoms with Crippen LogP contribution in [0.25, 0.3) is 0 Å². The molecule has 0 spiro atoms. The first kappa shape index (κ1) is 14.3. The van der Waals surface area contributed by atoms with E-state index in [1.807, 2.05) is 63.2 Å². The number of hydrogen-bond donors (Lipinski definition) is 1. The fourth-order valence-electron chi connectivity index (χ4n) is 2.01. The van der Waals surface area contributed by atoms with Crippen molar-refractivity contribution in [1.82, 2.24) is 4.98 Å². The molecule has 0 saturated heterocycles. The van der Waals surface area contributed by atoms with Crippen LogP contribution in [0.4, 0.5) is 5.82 Å². The molecule has 0 unspecified atom stereocenters. The Bertz CT molecular complexity index is 574. The Morgan fingerprint density at radius 3 is 2.45 bits per heavy atom. The van der Waals surface area contributed by atoms with Gasteiger partial charge < -0.3 is 5.32 Å². The van der Waals surface area contributed by atoms with Gasteiger partial charge in [-0.3, -0.25) is 4.79 Å². The van der Waals surface area contributed by atoms with Crippen molar-refractivity contribution in [3.05, 3.63) is 59.8 Å². The maximum Gasteiger partial charge on any atom is 0.231 e. The van der Waals surface area contributed by atoms with Crippen molar-refractivity contribution < 1.29 is 4.79 Å². The summed E-state index contributed by atoms with van der Waals surface area (Å²) in [4.78, 5) is 16.6. The first-order valence-electron chi connectivity index (χ1n) is 6.75. The zero-order valence-corrected chi connectivity index (χ0v) is 12.2. The van der Waals surface area contributed by atoms with E-state index in [-0.39, 0.29) is 5.91 Å². The van der Waals surface area contributed by atoms with Gasteiger partial charge in [-0.2, -0.15) is 0 Å². The van der Waals surface area contributed by atoms with Crippen LogP contribution in [0, 0.1) is 12.3 Å². The van der Waals surface area contributed by atoms with Crippen LogP contribution in [0.15, 0.2) is 48.7 Å². The molecule has 2 rings (SSSR count). The summed E-state index contributed by atoms with van der Waals surface area (Å²) in [6.45, 7) is 5.87. The summed E-state index contributed by atoms with van der Waals surface area (Å²) < 4.78 is 0. The summed E-state index contributed by atoms with van der Waals surface area (Å²) in [5.74, 6) is 0.583. The number of carbonyl (C=O) groups is 1. The SMILES string of the molecule is Cc1ccc(NC(=O)C(C)(C)Cc2ccccc2)nc1. The summed E-state index contributed by atoms with van der Waals surface area (Å²) in [6, 6.07) is 13.8. The zero-order chi connectivity index (χ0) is 14.6. The quantitative estimate of drug-likeness (QED) is 0.920. The Morgan fingerprint density at radius 1 is 1.15 bits per heavy atom. The van der Waals surface area contributed by atoms with E-state index in [9.17, 15) is 4.79 Å². The summed E-state index contributed by atoms with van der Waals surface area (Å²) >= 11 is 0. The molecule has 0 atom stereocenters. The minimum Gasteiger partial charge on any atom is -0.310 e. The molecule has 1 heterocycles. The lowest BCUT2D eigenvalue weighted by Crippen LogP contribution is -2.33. The van der Waals surface area contributed by atoms with E-state index in [0.29, 0.717) is 12.2 Å². The number of amides is 1. The highest BCUT2D eigenvalue weighted by molar-refractivity contribution is 5.94. The van der Waals surface area contributed by atoms with Crippen LogP contribution in [0.5, 0.6) is 0 Å². The first-order chi connectivity index (χ1) is 9.47. The van der Waals surface area contributed by atoms with E-state index in [4.69, 9.17) is 0 Å². The highest BCUT2D eigenvalue weighted by Gasteiger charge is 2.28. The molecule has 0 aliphatic carbocycles. The van der Waals surface area contributed by atoms with Crippen LogP contribution >= 0.6 is 0 Å². The van der Waals surface area contributed by atoms with Gasteiger partial charge in [-0.05, 0) is 30.5 Å². The molecule has 0 aliphatic heterocycles. The van der Waals surface area contributed by atoms with Gasteiger partial charge in [0.2, 0.25) is 5.91 Å². The van der Waals surface area contributed by atoms with Crippen molar-refractivity contribution in [2.24, 2.45) is 5.41 Å². The van der Waals surface area contributed by atoms with Crippen molar-refractivity contribution in [2.45, 2.75) is 27.2 Å². The lowest BCUT2D eigenvalue weighted by molar-refractivity contribution is -0.123. The molecular weight excluding hydrogens is 248 g/mol. The summed E-state index contributed by atoms with van der Waals surface area (Å²) in [6.07, 6.45) is 2.45. The van der Waals surface area contributed by atoms with E-state index >= 15 is 0 Å². The third kappa shape index (κ3) is 3.67. The fourth-order valence-corrected chi connectivity index (χ4v) is 2.01. The van der Waals surface area contributed by atoms with E-state index in [0.717, 1.165) is 11.1 Å². The second-order valence-corrected chi connectivity index (χ2v) is 5.72. The van der Waals surface area contributed by atoms with Crippen LogP contribution in [0.2, 0.25) is 0 Å². The molecule has 1 amide bonds. The minimum atomic E-state index is -0.478. The number of benzene rings is 1. The van der Waals surface area contributed by atoms with Gasteiger partial charge in [0, 0.05) is 11.6 Å². The van der Waals surface area contributed by atoms with Gasteiger partial charge in [0.05, 0.1) is 0 Å². The fraction of sp³-hybridized carbons (Fsp3) is 0.294. The predicted octanol–water partition coefficient (Wildman–Crippen LogP) is 3.60. The Balaban J connectivity index is 2.05. The van der Waals surface area contributed by atoms with Crippen LogP contribution in [0.1, 0.15) is 25.0 Å². The third-order valence-electron chi connectivity index (χ3n) is 3.26. The molecule has 20 heavy (non-hydrogen) atoms. The Morgan fingerprint density at radius 2 is 1.85 bits per heavy atom. The summed E-state index contributed by atoms with van der Waals surface area (Å²) in [5.41, 5.74) is 1.75. The Kier molecular flexibility index (Phi) is 4.18. The Labute approximate surface area is 120 Å². The monoisotopic (exact) mass is 268 g/mol. The van der Waals surface area contributed by atoms with E-state index < -0.39 is 5.41 Å². The lowest BCUT2D eigenvalue weighted by Gasteiger charge is -2.23. The number of rotatable bonds is 4. The number of carbonyl (C=O) groups excluding carboxylic acids is 1. The van der Waals surface area contributed by atoms with Gasteiger partial charge in [0.25, 0.3) is 0 Å². The standard InChI is InChI=1S/C17H20N2O/c1-13-9-10-15(18-12-13)19-16(20)17(2,3)11-14-7-5-4-6-8-14/h4-10,12H,11H2,1-3H3,(H,18,19,20). The van der Waals surface area contributed by atoms with Crippen molar-refractivity contribution in [1.29, 1.82) is 0 Å². The normalized spacial score (nSPS) is 11.2. The molecule has 0 saturated carbocycles. The molecule has 1 N–H and O–H groups in total. The zero-order valence-electron chi connectivity index (χ0n) is 12.2. The highest BCUT2D eigenvalue weighted by Crippen LogP contribution is 2.23. The van der Waals surface area contributed by atoms with Crippen molar-refractivity contribution in [3.8, 4) is 0 Å². The smallest absolute Gasteiger partial charge is 0.231 e. The highest BCUT2D eigenvalue weighted by atomic mass is 16.2. The van der Waals surface area contributed by atoms with Crippen molar-refractivity contribution >= 4 is 11.7 Å². The predicted molar refractivity (Wildman–Crippen MR) is 81.5 cm³/mol. The molecule has 2 aromatic rings. The van der Waals surface area contributed by atoms with Crippen LogP contribution < -0.4 is 5.32 Å². The molecule has 0 radical (unpaired) electrons. The van der Waals surface area contributed by atoms with Gasteiger partial charge >= 0.3 is 0 Å². The maximum absolute atomic E-state index is 12.4. The molecule has 104 valence electrons. The Hall–Kier alpha value is -2.16. The average Bonchev–Trinajstić information content (AvgIpc) is 2.42. The van der Waals surface area contributed by atoms with E-state index in [2.05, 4.69) is 10.3 Å². The first-order valence-corrected chi connectivity index (χ1v) is 6.75. The second-order valence-electron chi connectivity index (χ2n) is 5.72. The number of hydrogen-bond acceptors (Lipinski definition) is 2. The van der Waals surface area contributed by atoms with Crippen molar-refractivity contribution in [3.63, 3.8) is 0 Å². The molecule has 0 bridgehead atoms. The molecule has 1 aromatic carbocycles. The molecule has 0 fully saturated rings. The number of nitrogens with zero attached hydrogens (tertiary/aromatic N) is 1. The average molecular weight is 268 g/mol. The van der Waals surface area contributed by atoms with Crippen molar-refractivity contribution in [2.75, 3.05) is 5.32 Å². The minimum absolute atomic E-state index is 0.0160. The number of aromatic nitrogens is 1. The largest absolute Gasteiger partial charge is 0.310 e. The number of nitrogens with one attached hydrogen (secondary N) is 1. The number of aryl methyl sites for hydroxylation is 1. The molecule has 3 nitrogen and oxygen atoms in total. The molecule has 0 aliphatic rings. The molecule has 3 heteroatoms. The number of pyridine rings is 1. The van der Waals surface area contributed by atoms with E-state index in [1.54, 1.807) is 6.20 Å². The topological polar surface area (TPSA) is 42.0 Å². The summed E-state index contributed by atoms with van der Waals surface area (Å²) in [7, 11) is 0. The third-order valence-corrected chi connectivity index (χ3v) is 3.26. The lowest BCUT2D eigenvalue weighted by atomic mass is 9.85. The van der Waals surface area contributed by atoms with Gasteiger partial charge in [0.15, 0.2) is 0 Å². The second kappa shape index (κ2) is 5.87. The van der Waals surface area contributed by atoms with Crippen LogP contribution in [-0.2, 0) is 11.2 Å². The maximum atomic E-state index is 12.4. The van der Waals surface area contributed by atoms with Crippen LogP contribution in [0.3, 0.4) is 0 Å². The molecular formula is C17H20N2O. The van der Waals surface area contributed by atoms with E-state index in [1.165, 1.54) is 0 Å². The van der Waals surface area contributed by atoms with Gasteiger partial charge in [0.1, 0.15) is 5.82 Å². The van der Waals surface area contributed by atoms with Gasteiger partial charge in [-0.25, -0.2) is 4.98 Å². The molecule has 1 aromatic heterocycles. The van der Waals surface area contributed by atoms with Crippen LogP contribution in [-0.4, -0.2) is 10.9 Å². The number of anilines is 1. The summed E-state index contributed by atoms with van der Waals surface area (Å²) in [5, 5.41) is 2.88. The van der Waals surface area contributed by atoms with Gasteiger partial charge in [-0.1, -0.05) is 50.2 Å².